The number of phenolic OH excluding ortho intramolecular Hbond substituents is 1. The molecule has 8 heteroatoms. The second-order valence-corrected chi connectivity index (χ2v) is 5.70. The second kappa shape index (κ2) is 8.77. The van der Waals surface area contributed by atoms with Crippen LogP contribution in [-0.4, -0.2) is 24.0 Å². The van der Waals surface area contributed by atoms with Gasteiger partial charge in [-0.3, -0.25) is 15.0 Å². The minimum Gasteiger partial charge on any atom is -0.508 e. The van der Waals surface area contributed by atoms with E-state index in [0.29, 0.717) is 22.2 Å². The number of aromatic hydroxyl groups is 1. The maximum atomic E-state index is 12.0. The number of hydrogen-bond donors (Lipinski definition) is 4. The molecule has 0 atom stereocenters. The number of benzene rings is 2. The van der Waals surface area contributed by atoms with E-state index in [1.54, 1.807) is 37.3 Å². The molecule has 0 saturated heterocycles. The Morgan fingerprint density at radius 2 is 1.92 bits per heavy atom. The van der Waals surface area contributed by atoms with Gasteiger partial charge in [-0.15, -0.1) is 0 Å². The molecular weight excluding hydrogens is 358 g/mol. The third-order valence-corrected chi connectivity index (χ3v) is 3.54. The molecule has 4 N–H and O–H groups in total. The van der Waals surface area contributed by atoms with Gasteiger partial charge in [0.2, 0.25) is 5.91 Å². The highest BCUT2D eigenvalue weighted by atomic mass is 35.5. The highest BCUT2D eigenvalue weighted by Crippen LogP contribution is 2.27. The highest BCUT2D eigenvalue weighted by Gasteiger charge is 2.07. The van der Waals surface area contributed by atoms with Crippen molar-refractivity contribution in [1.82, 2.24) is 10.9 Å². The number of carbonyl (C=O) groups excluding carboxylic acids is 2. The van der Waals surface area contributed by atoms with Gasteiger partial charge in [-0.05, 0) is 43.3 Å². The molecule has 2 amide bonds. The SMILES string of the molecule is COc1ccc(NC(=O)C=C(C)NNC(=O)c2cccc(O)c2)cc1Cl. The van der Waals surface area contributed by atoms with Crippen LogP contribution >= 0.6 is 11.6 Å². The second-order valence-electron chi connectivity index (χ2n) is 5.30. The molecule has 0 heterocycles. The molecule has 0 bridgehead atoms. The Labute approximate surface area is 155 Å². The fourth-order valence-electron chi connectivity index (χ4n) is 2.03. The van der Waals surface area contributed by atoms with Gasteiger partial charge in [0, 0.05) is 23.0 Å². The van der Waals surface area contributed by atoms with Crippen LogP contribution in [0, 0.1) is 0 Å². The number of carbonyl (C=O) groups is 2. The average Bonchev–Trinajstić information content (AvgIpc) is 2.59. The van der Waals surface area contributed by atoms with Crippen LogP contribution in [0.2, 0.25) is 5.02 Å². The zero-order chi connectivity index (χ0) is 19.1. The van der Waals surface area contributed by atoms with Crippen LogP contribution < -0.4 is 20.9 Å². The Bertz CT molecular complexity index is 852. The van der Waals surface area contributed by atoms with Crippen LogP contribution in [0.5, 0.6) is 11.5 Å². The molecule has 0 unspecified atom stereocenters. The van der Waals surface area contributed by atoms with Gasteiger partial charge in [0.1, 0.15) is 11.5 Å². The number of rotatable bonds is 6. The van der Waals surface area contributed by atoms with E-state index in [-0.39, 0.29) is 11.3 Å². The summed E-state index contributed by atoms with van der Waals surface area (Å²) < 4.78 is 5.05. The van der Waals surface area contributed by atoms with Crippen LogP contribution in [-0.2, 0) is 4.79 Å². The van der Waals surface area contributed by atoms with E-state index in [9.17, 15) is 14.7 Å². The lowest BCUT2D eigenvalue weighted by Gasteiger charge is -2.10. The van der Waals surface area contributed by atoms with E-state index in [4.69, 9.17) is 16.3 Å². The maximum Gasteiger partial charge on any atom is 0.269 e. The normalized spacial score (nSPS) is 10.8. The van der Waals surface area contributed by atoms with Crippen molar-refractivity contribution in [3.8, 4) is 11.5 Å². The summed E-state index contributed by atoms with van der Waals surface area (Å²) in [7, 11) is 1.50. The van der Waals surface area contributed by atoms with E-state index >= 15 is 0 Å². The molecule has 0 saturated carbocycles. The average molecular weight is 376 g/mol. The van der Waals surface area contributed by atoms with Crippen molar-refractivity contribution in [1.29, 1.82) is 0 Å². The van der Waals surface area contributed by atoms with Gasteiger partial charge < -0.3 is 20.6 Å². The standard InChI is InChI=1S/C18H18ClN3O4/c1-11(21-22-18(25)12-4-3-5-14(23)9-12)8-17(24)20-13-6-7-16(26-2)15(19)10-13/h3-10,21,23H,1-2H3,(H,20,24)(H,22,25). The summed E-state index contributed by atoms with van der Waals surface area (Å²) in [6.07, 6.45) is 1.28. The van der Waals surface area contributed by atoms with E-state index in [1.165, 1.54) is 25.3 Å². The molecule has 0 radical (unpaired) electrons. The van der Waals surface area contributed by atoms with Crippen LogP contribution in [0.15, 0.2) is 54.2 Å². The number of amides is 2. The molecule has 7 nitrogen and oxygen atoms in total. The number of phenols is 1. The fourth-order valence-corrected chi connectivity index (χ4v) is 2.29. The zero-order valence-corrected chi connectivity index (χ0v) is 14.9. The number of methoxy groups -OCH3 is 1. The van der Waals surface area contributed by atoms with Crippen molar-refractivity contribution in [3.05, 3.63) is 64.8 Å². The van der Waals surface area contributed by atoms with Crippen molar-refractivity contribution in [3.63, 3.8) is 0 Å². The van der Waals surface area contributed by atoms with Crippen LogP contribution in [0.3, 0.4) is 0 Å². The van der Waals surface area contributed by atoms with Gasteiger partial charge in [-0.1, -0.05) is 17.7 Å². The summed E-state index contributed by atoms with van der Waals surface area (Å²) >= 11 is 6.00. The number of allylic oxidation sites excluding steroid dienone is 1. The molecule has 0 fully saturated rings. The molecule has 0 spiro atoms. The lowest BCUT2D eigenvalue weighted by atomic mass is 10.2. The summed E-state index contributed by atoms with van der Waals surface area (Å²) in [5.41, 5.74) is 6.25. The van der Waals surface area contributed by atoms with Crippen molar-refractivity contribution in [2.45, 2.75) is 6.92 Å². The Hall–Kier alpha value is -3.19. The first kappa shape index (κ1) is 19.1. The predicted molar refractivity (Wildman–Crippen MR) is 99.1 cm³/mol. The van der Waals surface area contributed by atoms with Gasteiger partial charge >= 0.3 is 0 Å². The zero-order valence-electron chi connectivity index (χ0n) is 14.2. The van der Waals surface area contributed by atoms with E-state index < -0.39 is 11.8 Å². The topological polar surface area (TPSA) is 99.7 Å². The van der Waals surface area contributed by atoms with Crippen molar-refractivity contribution in [2.24, 2.45) is 0 Å². The first-order chi connectivity index (χ1) is 12.4. The van der Waals surface area contributed by atoms with Crippen molar-refractivity contribution >= 4 is 29.1 Å². The van der Waals surface area contributed by atoms with Gasteiger partial charge in [0.15, 0.2) is 0 Å². The van der Waals surface area contributed by atoms with Crippen LogP contribution in [0.25, 0.3) is 0 Å². The first-order valence-corrected chi connectivity index (χ1v) is 7.95. The Balaban J connectivity index is 1.91. The Kier molecular flexibility index (Phi) is 6.46. The lowest BCUT2D eigenvalue weighted by molar-refractivity contribution is -0.112. The molecule has 0 aromatic heterocycles. The van der Waals surface area contributed by atoms with Gasteiger partial charge in [0.25, 0.3) is 5.91 Å². The predicted octanol–water partition coefficient (Wildman–Crippen LogP) is 2.83. The number of hydrazine groups is 1. The molecular formula is C18H18ClN3O4. The summed E-state index contributed by atoms with van der Waals surface area (Å²) in [5, 5.41) is 12.4. The molecule has 26 heavy (non-hydrogen) atoms. The van der Waals surface area contributed by atoms with Crippen LogP contribution in [0.1, 0.15) is 17.3 Å². The monoisotopic (exact) mass is 375 g/mol. The molecule has 0 aliphatic carbocycles. The molecule has 2 aromatic carbocycles. The number of ether oxygens (including phenoxy) is 1. The molecule has 0 aliphatic rings. The largest absolute Gasteiger partial charge is 0.508 e. The van der Waals surface area contributed by atoms with Gasteiger partial charge in [-0.2, -0.15) is 0 Å². The first-order valence-electron chi connectivity index (χ1n) is 7.57. The Morgan fingerprint density at radius 1 is 1.15 bits per heavy atom. The minimum absolute atomic E-state index is 0.0116. The molecule has 2 aromatic rings. The van der Waals surface area contributed by atoms with E-state index in [2.05, 4.69) is 16.2 Å². The third kappa shape index (κ3) is 5.42. The number of hydrogen-bond acceptors (Lipinski definition) is 5. The van der Waals surface area contributed by atoms with Crippen LogP contribution in [0.4, 0.5) is 5.69 Å². The lowest BCUT2D eigenvalue weighted by Crippen LogP contribution is -2.36. The number of halogens is 1. The smallest absolute Gasteiger partial charge is 0.269 e. The van der Waals surface area contributed by atoms with Crippen molar-refractivity contribution < 1.29 is 19.4 Å². The summed E-state index contributed by atoms with van der Waals surface area (Å²) in [5.74, 6) is -0.353. The maximum absolute atomic E-state index is 12.0. The number of anilines is 1. The molecule has 2 rings (SSSR count). The summed E-state index contributed by atoms with van der Waals surface area (Å²) in [4.78, 5) is 23.9. The quantitative estimate of drug-likeness (QED) is 0.459. The fraction of sp³-hybridized carbons (Fsp3) is 0.111. The summed E-state index contributed by atoms with van der Waals surface area (Å²) in [6.45, 7) is 1.61. The molecule has 0 aliphatic heterocycles. The van der Waals surface area contributed by atoms with E-state index in [0.717, 1.165) is 0 Å². The van der Waals surface area contributed by atoms with Gasteiger partial charge in [0.05, 0.1) is 12.1 Å². The van der Waals surface area contributed by atoms with Gasteiger partial charge in [-0.25, -0.2) is 0 Å². The Morgan fingerprint density at radius 3 is 2.58 bits per heavy atom. The third-order valence-electron chi connectivity index (χ3n) is 3.25. The van der Waals surface area contributed by atoms with E-state index in [1.807, 2.05) is 0 Å². The molecule has 136 valence electrons. The minimum atomic E-state index is -0.448. The highest BCUT2D eigenvalue weighted by molar-refractivity contribution is 6.32. The number of nitrogens with one attached hydrogen (secondary N) is 3. The van der Waals surface area contributed by atoms with Crippen molar-refractivity contribution in [2.75, 3.05) is 12.4 Å². The summed E-state index contributed by atoms with van der Waals surface area (Å²) in [6, 6.07) is 10.8.